The minimum Gasteiger partial charge on any atom is -0.397 e. The number of nitriles is 1. The molecule has 0 atom stereocenters. The lowest BCUT2D eigenvalue weighted by atomic mass is 10.2. The third-order valence-electron chi connectivity index (χ3n) is 2.63. The summed E-state index contributed by atoms with van der Waals surface area (Å²) >= 11 is 5.73. The highest BCUT2D eigenvalue weighted by Crippen LogP contribution is 2.25. The molecule has 108 valence electrons. The van der Waals surface area contributed by atoms with Gasteiger partial charge in [-0.25, -0.2) is 12.8 Å². The predicted molar refractivity (Wildman–Crippen MR) is 77.8 cm³/mol. The van der Waals surface area contributed by atoms with Gasteiger partial charge >= 0.3 is 0 Å². The Balaban J connectivity index is 2.41. The molecule has 2 aromatic rings. The van der Waals surface area contributed by atoms with E-state index in [2.05, 4.69) is 4.72 Å². The second kappa shape index (κ2) is 5.60. The van der Waals surface area contributed by atoms with Crippen LogP contribution < -0.4 is 10.5 Å². The van der Waals surface area contributed by atoms with Gasteiger partial charge in [0.1, 0.15) is 11.9 Å². The van der Waals surface area contributed by atoms with E-state index in [1.54, 1.807) is 6.07 Å². The fourth-order valence-corrected chi connectivity index (χ4v) is 2.88. The first-order valence-electron chi connectivity index (χ1n) is 5.61. The SMILES string of the molecule is N#Cc1cc(S(=O)(=O)Nc2ccc(Cl)cc2N)ccc1F. The highest BCUT2D eigenvalue weighted by molar-refractivity contribution is 7.92. The van der Waals surface area contributed by atoms with E-state index in [1.807, 2.05) is 0 Å². The van der Waals surface area contributed by atoms with Gasteiger partial charge in [-0.05, 0) is 36.4 Å². The second-order valence-corrected chi connectivity index (χ2v) is 6.21. The number of sulfonamides is 1. The van der Waals surface area contributed by atoms with Gasteiger partial charge in [-0.15, -0.1) is 0 Å². The van der Waals surface area contributed by atoms with E-state index in [0.717, 1.165) is 18.2 Å². The third-order valence-corrected chi connectivity index (χ3v) is 4.22. The zero-order valence-corrected chi connectivity index (χ0v) is 12.0. The molecule has 0 amide bonds. The van der Waals surface area contributed by atoms with E-state index >= 15 is 0 Å². The van der Waals surface area contributed by atoms with Gasteiger partial charge in [-0.3, -0.25) is 4.72 Å². The zero-order valence-electron chi connectivity index (χ0n) is 10.5. The fourth-order valence-electron chi connectivity index (χ4n) is 1.59. The van der Waals surface area contributed by atoms with E-state index in [0.29, 0.717) is 5.02 Å². The molecule has 0 saturated carbocycles. The van der Waals surface area contributed by atoms with Gasteiger partial charge < -0.3 is 5.73 Å². The van der Waals surface area contributed by atoms with Crippen molar-refractivity contribution in [2.24, 2.45) is 0 Å². The molecule has 0 bridgehead atoms. The van der Waals surface area contributed by atoms with Crippen molar-refractivity contribution in [3.63, 3.8) is 0 Å². The lowest BCUT2D eigenvalue weighted by Crippen LogP contribution is -2.14. The van der Waals surface area contributed by atoms with E-state index in [-0.39, 0.29) is 21.8 Å². The highest BCUT2D eigenvalue weighted by Gasteiger charge is 2.17. The molecule has 0 heterocycles. The van der Waals surface area contributed by atoms with Crippen LogP contribution in [0.2, 0.25) is 5.02 Å². The minimum atomic E-state index is -3.99. The average Bonchev–Trinajstić information content (AvgIpc) is 2.42. The van der Waals surface area contributed by atoms with Gasteiger partial charge in [-0.2, -0.15) is 5.26 Å². The number of nitrogens with one attached hydrogen (secondary N) is 1. The maximum absolute atomic E-state index is 13.2. The van der Waals surface area contributed by atoms with Crippen LogP contribution in [0.25, 0.3) is 0 Å². The van der Waals surface area contributed by atoms with Crippen molar-refractivity contribution in [1.29, 1.82) is 5.26 Å². The van der Waals surface area contributed by atoms with Crippen LogP contribution in [0.3, 0.4) is 0 Å². The van der Waals surface area contributed by atoms with Gasteiger partial charge in [0.15, 0.2) is 0 Å². The number of halogens is 2. The Kier molecular flexibility index (Phi) is 4.02. The Bertz CT molecular complexity index is 847. The molecular formula is C13H9ClFN3O2S. The van der Waals surface area contributed by atoms with Crippen LogP contribution in [-0.2, 0) is 10.0 Å². The lowest BCUT2D eigenvalue weighted by molar-refractivity contribution is 0.599. The lowest BCUT2D eigenvalue weighted by Gasteiger charge is -2.11. The summed E-state index contributed by atoms with van der Waals surface area (Å²) in [4.78, 5) is -0.241. The highest BCUT2D eigenvalue weighted by atomic mass is 35.5. The predicted octanol–water partition coefficient (Wildman–Crippen LogP) is 2.73. The van der Waals surface area contributed by atoms with Crippen LogP contribution in [-0.4, -0.2) is 8.42 Å². The zero-order chi connectivity index (χ0) is 15.6. The van der Waals surface area contributed by atoms with Crippen LogP contribution in [0.1, 0.15) is 5.56 Å². The van der Waals surface area contributed by atoms with Crippen LogP contribution in [0.5, 0.6) is 0 Å². The van der Waals surface area contributed by atoms with Crippen molar-refractivity contribution in [2.45, 2.75) is 4.90 Å². The maximum Gasteiger partial charge on any atom is 0.262 e. The van der Waals surface area contributed by atoms with Crippen LogP contribution in [0.15, 0.2) is 41.3 Å². The van der Waals surface area contributed by atoms with E-state index < -0.39 is 15.8 Å². The number of rotatable bonds is 3. The van der Waals surface area contributed by atoms with Crippen molar-refractivity contribution in [3.05, 3.63) is 52.8 Å². The molecule has 3 N–H and O–H groups in total. The molecule has 2 rings (SSSR count). The molecule has 0 aliphatic carbocycles. The Hall–Kier alpha value is -2.30. The van der Waals surface area contributed by atoms with E-state index in [9.17, 15) is 12.8 Å². The smallest absolute Gasteiger partial charge is 0.262 e. The summed E-state index contributed by atoms with van der Waals surface area (Å²) in [5.74, 6) is -0.789. The standard InChI is InChI=1S/C13H9ClFN3O2S/c14-9-1-4-13(12(17)6-9)18-21(19,20)10-2-3-11(15)8(5-10)7-16/h1-6,18H,17H2. The first-order chi connectivity index (χ1) is 9.83. The van der Waals surface area contributed by atoms with Crippen molar-refractivity contribution >= 4 is 33.0 Å². The summed E-state index contributed by atoms with van der Waals surface area (Å²) in [6.45, 7) is 0. The Morgan fingerprint density at radius 1 is 1.24 bits per heavy atom. The summed E-state index contributed by atoms with van der Waals surface area (Å²) in [5.41, 5.74) is 5.59. The van der Waals surface area contributed by atoms with Crippen molar-refractivity contribution in [3.8, 4) is 6.07 Å². The topological polar surface area (TPSA) is 96.0 Å². The quantitative estimate of drug-likeness (QED) is 0.848. The molecule has 2 aromatic carbocycles. The number of nitrogens with zero attached hydrogens (tertiary/aromatic N) is 1. The van der Waals surface area contributed by atoms with Gasteiger partial charge in [0.2, 0.25) is 0 Å². The Morgan fingerprint density at radius 3 is 2.57 bits per heavy atom. The average molecular weight is 326 g/mol. The van der Waals surface area contributed by atoms with Crippen LogP contribution in [0, 0.1) is 17.1 Å². The second-order valence-electron chi connectivity index (χ2n) is 4.09. The first kappa shape index (κ1) is 15.1. The maximum atomic E-state index is 13.2. The minimum absolute atomic E-state index is 0.141. The normalized spacial score (nSPS) is 10.9. The van der Waals surface area contributed by atoms with Crippen molar-refractivity contribution in [2.75, 3.05) is 10.5 Å². The summed E-state index contributed by atoms with van der Waals surface area (Å²) in [5, 5.41) is 9.10. The fraction of sp³-hybridized carbons (Fsp3) is 0. The van der Waals surface area contributed by atoms with Crippen molar-refractivity contribution < 1.29 is 12.8 Å². The van der Waals surface area contributed by atoms with E-state index in [4.69, 9.17) is 22.6 Å². The van der Waals surface area contributed by atoms with Gasteiger partial charge in [-0.1, -0.05) is 11.6 Å². The Labute approximate surface area is 125 Å². The largest absolute Gasteiger partial charge is 0.397 e. The molecular weight excluding hydrogens is 317 g/mol. The van der Waals surface area contributed by atoms with Gasteiger partial charge in [0.05, 0.1) is 21.8 Å². The number of benzene rings is 2. The molecule has 0 unspecified atom stereocenters. The number of hydrogen-bond acceptors (Lipinski definition) is 4. The number of nitrogens with two attached hydrogens (primary N) is 1. The number of nitrogen functional groups attached to an aromatic ring is 1. The summed E-state index contributed by atoms with van der Waals surface area (Å²) in [6.07, 6.45) is 0. The van der Waals surface area contributed by atoms with Crippen LogP contribution >= 0.6 is 11.6 Å². The number of hydrogen-bond donors (Lipinski definition) is 2. The van der Waals surface area contributed by atoms with Crippen LogP contribution in [0.4, 0.5) is 15.8 Å². The van der Waals surface area contributed by atoms with E-state index in [1.165, 1.54) is 18.2 Å². The van der Waals surface area contributed by atoms with Gasteiger partial charge in [0, 0.05) is 5.02 Å². The molecule has 0 fully saturated rings. The Morgan fingerprint density at radius 2 is 1.95 bits per heavy atom. The molecule has 0 aromatic heterocycles. The van der Waals surface area contributed by atoms with Crippen molar-refractivity contribution in [1.82, 2.24) is 0 Å². The summed E-state index contributed by atoms with van der Waals surface area (Å²) in [7, 11) is -3.99. The molecule has 0 spiro atoms. The van der Waals surface area contributed by atoms with Gasteiger partial charge in [0.25, 0.3) is 10.0 Å². The molecule has 0 aliphatic heterocycles. The number of anilines is 2. The first-order valence-corrected chi connectivity index (χ1v) is 7.47. The third kappa shape index (κ3) is 3.24. The molecule has 5 nitrogen and oxygen atoms in total. The molecule has 8 heteroatoms. The molecule has 0 aliphatic rings. The molecule has 0 saturated heterocycles. The summed E-state index contributed by atoms with van der Waals surface area (Å²) in [6, 6.07) is 8.78. The monoisotopic (exact) mass is 325 g/mol. The summed E-state index contributed by atoms with van der Waals surface area (Å²) < 4.78 is 39.9. The molecule has 0 radical (unpaired) electrons. The molecule has 21 heavy (non-hydrogen) atoms.